The summed E-state index contributed by atoms with van der Waals surface area (Å²) in [7, 11) is 0. The lowest BCUT2D eigenvalue weighted by molar-refractivity contribution is -0.134. The highest BCUT2D eigenvalue weighted by molar-refractivity contribution is 7.17. The largest absolute Gasteiger partial charge is 0.467 e. The molecule has 1 N–H and O–H groups in total. The summed E-state index contributed by atoms with van der Waals surface area (Å²) in [5.74, 6) is 1.18. The third-order valence-corrected chi connectivity index (χ3v) is 7.07. The summed E-state index contributed by atoms with van der Waals surface area (Å²) < 4.78 is 8.17. The molecule has 0 bridgehead atoms. The third-order valence-electron chi connectivity index (χ3n) is 6.18. The molecule has 4 rings (SSSR count). The van der Waals surface area contributed by atoms with Gasteiger partial charge in [-0.2, -0.15) is 0 Å². The number of aromatic nitrogens is 2. The molecule has 10 heteroatoms. The van der Waals surface area contributed by atoms with Gasteiger partial charge in [0.05, 0.1) is 18.3 Å². The summed E-state index contributed by atoms with van der Waals surface area (Å²) >= 11 is 1.25. The van der Waals surface area contributed by atoms with Crippen molar-refractivity contribution in [2.75, 3.05) is 13.1 Å². The van der Waals surface area contributed by atoms with E-state index in [2.05, 4.69) is 19.2 Å². The van der Waals surface area contributed by atoms with Crippen molar-refractivity contribution in [1.82, 2.24) is 19.4 Å². The van der Waals surface area contributed by atoms with Crippen LogP contribution in [0.3, 0.4) is 0 Å². The van der Waals surface area contributed by atoms with Crippen molar-refractivity contribution in [3.8, 4) is 0 Å². The summed E-state index contributed by atoms with van der Waals surface area (Å²) in [4.78, 5) is 53.2. The molecule has 4 heterocycles. The van der Waals surface area contributed by atoms with Crippen molar-refractivity contribution in [2.24, 2.45) is 11.8 Å². The van der Waals surface area contributed by atoms with Gasteiger partial charge in [-0.05, 0) is 48.3 Å². The van der Waals surface area contributed by atoms with E-state index in [0.29, 0.717) is 47.3 Å². The Morgan fingerprint density at radius 1 is 1.15 bits per heavy atom. The van der Waals surface area contributed by atoms with Crippen LogP contribution in [0.25, 0.3) is 10.2 Å². The first-order chi connectivity index (χ1) is 16.3. The Morgan fingerprint density at radius 3 is 2.62 bits per heavy atom. The van der Waals surface area contributed by atoms with Crippen LogP contribution >= 0.6 is 11.3 Å². The predicted octanol–water partition coefficient (Wildman–Crippen LogP) is 2.42. The lowest BCUT2D eigenvalue weighted by Gasteiger charge is -2.35. The second-order valence-electron chi connectivity index (χ2n) is 9.16. The molecule has 0 aromatic carbocycles. The zero-order valence-electron chi connectivity index (χ0n) is 19.5. The van der Waals surface area contributed by atoms with E-state index >= 15 is 0 Å². The van der Waals surface area contributed by atoms with Crippen molar-refractivity contribution < 1.29 is 14.0 Å². The average Bonchev–Trinajstić information content (AvgIpc) is 3.49. The molecule has 1 saturated heterocycles. The van der Waals surface area contributed by atoms with Gasteiger partial charge in [-0.25, -0.2) is 4.79 Å². The number of hydrogen-bond donors (Lipinski definition) is 1. The van der Waals surface area contributed by atoms with E-state index in [9.17, 15) is 19.2 Å². The number of fused-ring (bicyclic) bond motifs is 1. The molecule has 0 unspecified atom stereocenters. The zero-order chi connectivity index (χ0) is 24.2. The summed E-state index contributed by atoms with van der Waals surface area (Å²) in [5, 5.41) is 4.51. The van der Waals surface area contributed by atoms with E-state index in [4.69, 9.17) is 4.42 Å². The monoisotopic (exact) mass is 486 g/mol. The summed E-state index contributed by atoms with van der Waals surface area (Å²) in [6.07, 6.45) is 3.11. The number of likely N-dealkylation sites (tertiary alicyclic amines) is 1. The minimum absolute atomic E-state index is 0.102. The SMILES string of the molecule is C[C@@H]1C[C@@H](C)CN(C(=O)Cn2c(=O)n(CCCC(=O)NCc3ccco3)c(=O)c3sccc32)C1. The van der Waals surface area contributed by atoms with Gasteiger partial charge in [0, 0.05) is 26.1 Å². The van der Waals surface area contributed by atoms with Crippen LogP contribution in [0.5, 0.6) is 0 Å². The van der Waals surface area contributed by atoms with Crippen molar-refractivity contribution in [2.45, 2.75) is 52.7 Å². The van der Waals surface area contributed by atoms with Gasteiger partial charge in [0.25, 0.3) is 5.56 Å². The van der Waals surface area contributed by atoms with Crippen LogP contribution in [-0.4, -0.2) is 38.9 Å². The number of carbonyl (C=O) groups is 2. The fourth-order valence-corrected chi connectivity index (χ4v) is 5.51. The number of rotatable bonds is 8. The highest BCUT2D eigenvalue weighted by Crippen LogP contribution is 2.22. The second-order valence-corrected chi connectivity index (χ2v) is 10.1. The van der Waals surface area contributed by atoms with E-state index < -0.39 is 5.69 Å². The first-order valence-corrected chi connectivity index (χ1v) is 12.5. The zero-order valence-corrected chi connectivity index (χ0v) is 20.3. The van der Waals surface area contributed by atoms with Gasteiger partial charge < -0.3 is 14.6 Å². The number of piperidine rings is 1. The summed E-state index contributed by atoms with van der Waals surface area (Å²) in [6, 6.07) is 5.23. The number of furan rings is 1. The molecule has 3 aromatic heterocycles. The van der Waals surface area contributed by atoms with Crippen molar-refractivity contribution >= 4 is 33.4 Å². The first-order valence-electron chi connectivity index (χ1n) is 11.6. The Labute approximate surface area is 201 Å². The minimum Gasteiger partial charge on any atom is -0.467 e. The molecule has 9 nitrogen and oxygen atoms in total. The van der Waals surface area contributed by atoms with Crippen molar-refractivity contribution in [1.29, 1.82) is 0 Å². The lowest BCUT2D eigenvalue weighted by atomic mass is 9.92. The van der Waals surface area contributed by atoms with Gasteiger partial charge in [0.15, 0.2) is 0 Å². The number of thiophene rings is 1. The fraction of sp³-hybridized carbons (Fsp3) is 0.500. The Balaban J connectivity index is 1.47. The highest BCUT2D eigenvalue weighted by Gasteiger charge is 2.26. The summed E-state index contributed by atoms with van der Waals surface area (Å²) in [5.41, 5.74) is -0.410. The van der Waals surface area contributed by atoms with Crippen LogP contribution in [-0.2, 0) is 29.2 Å². The Bertz CT molecular complexity index is 1260. The molecule has 0 aliphatic carbocycles. The Hall–Kier alpha value is -3.14. The van der Waals surface area contributed by atoms with Crippen molar-refractivity contribution in [3.05, 3.63) is 56.4 Å². The number of carbonyl (C=O) groups excluding carboxylic acids is 2. The molecule has 1 aliphatic rings. The van der Waals surface area contributed by atoms with Crippen LogP contribution in [0, 0.1) is 11.8 Å². The second kappa shape index (κ2) is 10.4. The maximum Gasteiger partial charge on any atom is 0.332 e. The molecule has 3 aromatic rings. The van der Waals surface area contributed by atoms with Gasteiger partial charge in [-0.15, -0.1) is 11.3 Å². The molecule has 2 atom stereocenters. The maximum absolute atomic E-state index is 13.3. The van der Waals surface area contributed by atoms with Gasteiger partial charge in [0.2, 0.25) is 11.8 Å². The summed E-state index contributed by atoms with van der Waals surface area (Å²) in [6.45, 7) is 5.90. The Morgan fingerprint density at radius 2 is 1.91 bits per heavy atom. The molecule has 0 radical (unpaired) electrons. The molecule has 182 valence electrons. The normalized spacial score (nSPS) is 18.4. The van der Waals surface area contributed by atoms with E-state index in [1.165, 1.54) is 22.2 Å². The van der Waals surface area contributed by atoms with Crippen LogP contribution in [0.4, 0.5) is 0 Å². The highest BCUT2D eigenvalue weighted by atomic mass is 32.1. The molecule has 0 spiro atoms. The topological polar surface area (TPSA) is 107 Å². The molecule has 34 heavy (non-hydrogen) atoms. The molecular weight excluding hydrogens is 456 g/mol. The molecule has 1 fully saturated rings. The van der Waals surface area contributed by atoms with E-state index in [-0.39, 0.29) is 43.4 Å². The smallest absolute Gasteiger partial charge is 0.332 e. The van der Waals surface area contributed by atoms with E-state index in [1.807, 2.05) is 4.90 Å². The molecule has 1 aliphatic heterocycles. The number of nitrogens with one attached hydrogen (secondary N) is 1. The van der Waals surface area contributed by atoms with E-state index in [1.54, 1.807) is 23.6 Å². The van der Waals surface area contributed by atoms with Crippen LogP contribution in [0.15, 0.2) is 43.8 Å². The van der Waals surface area contributed by atoms with Crippen LogP contribution < -0.4 is 16.6 Å². The van der Waals surface area contributed by atoms with Gasteiger partial charge >= 0.3 is 5.69 Å². The van der Waals surface area contributed by atoms with E-state index in [0.717, 1.165) is 11.0 Å². The number of nitrogens with zero attached hydrogens (tertiary/aromatic N) is 3. The number of hydrogen-bond acceptors (Lipinski definition) is 6. The predicted molar refractivity (Wildman–Crippen MR) is 130 cm³/mol. The molecule has 2 amide bonds. The quantitative estimate of drug-likeness (QED) is 0.526. The minimum atomic E-state index is -0.515. The fourth-order valence-electron chi connectivity index (χ4n) is 4.67. The molecule has 0 saturated carbocycles. The number of amides is 2. The third kappa shape index (κ3) is 5.32. The van der Waals surface area contributed by atoms with Gasteiger partial charge in [-0.3, -0.25) is 23.5 Å². The van der Waals surface area contributed by atoms with Crippen LogP contribution in [0.1, 0.15) is 38.9 Å². The average molecular weight is 487 g/mol. The van der Waals surface area contributed by atoms with Gasteiger partial charge in [0.1, 0.15) is 17.0 Å². The van der Waals surface area contributed by atoms with Crippen LogP contribution in [0.2, 0.25) is 0 Å². The molecular formula is C24H30N4O5S. The van der Waals surface area contributed by atoms with Gasteiger partial charge in [-0.1, -0.05) is 13.8 Å². The van der Waals surface area contributed by atoms with Crippen molar-refractivity contribution in [3.63, 3.8) is 0 Å². The Kier molecular flexibility index (Phi) is 7.35. The lowest BCUT2D eigenvalue weighted by Crippen LogP contribution is -2.47. The standard InChI is InChI=1S/C24H30N4O5S/c1-16-11-17(2)14-26(13-16)21(30)15-28-19-7-10-34-22(19)23(31)27(24(28)32)8-3-6-20(29)25-12-18-5-4-9-33-18/h4-5,7,9-10,16-17H,3,6,8,11-15H2,1-2H3,(H,25,29)/t16-,17-/m1/s1. The first kappa shape index (κ1) is 24.0. The maximum atomic E-state index is 13.3.